The largest absolute Gasteiger partial charge is 0.492 e. The van der Waals surface area contributed by atoms with Crippen molar-refractivity contribution in [3.8, 4) is 5.75 Å². The normalized spacial score (nSPS) is 11.6. The monoisotopic (exact) mass is 236 g/mol. The van der Waals surface area contributed by atoms with E-state index in [9.17, 15) is 0 Å². The topological polar surface area (TPSA) is 34.2 Å². The van der Waals surface area contributed by atoms with Crippen molar-refractivity contribution < 1.29 is 4.74 Å². The summed E-state index contributed by atoms with van der Waals surface area (Å²) in [6.45, 7) is 10.1. The summed E-state index contributed by atoms with van der Waals surface area (Å²) in [6.07, 6.45) is 1.04. The molecule has 0 amide bonds. The van der Waals surface area contributed by atoms with E-state index in [2.05, 4.69) is 31.1 Å². The molecule has 0 atom stereocenters. The van der Waals surface area contributed by atoms with Gasteiger partial charge < -0.3 is 10.1 Å². The first-order chi connectivity index (χ1) is 7.92. The second kappa shape index (κ2) is 6.01. The summed E-state index contributed by atoms with van der Waals surface area (Å²) in [6, 6.07) is 4.00. The van der Waals surface area contributed by atoms with Crippen LogP contribution < -0.4 is 10.1 Å². The molecule has 0 saturated heterocycles. The highest BCUT2D eigenvalue weighted by Gasteiger charge is 2.11. The van der Waals surface area contributed by atoms with Crippen molar-refractivity contribution in [3.63, 3.8) is 0 Å². The van der Waals surface area contributed by atoms with E-state index in [0.29, 0.717) is 5.41 Å². The van der Waals surface area contributed by atoms with Crippen LogP contribution in [0.2, 0.25) is 0 Å². The molecule has 0 radical (unpaired) electrons. The fourth-order valence-electron chi connectivity index (χ4n) is 1.49. The Labute approximate surface area is 105 Å². The number of aromatic nitrogens is 1. The third kappa shape index (κ3) is 5.18. The molecule has 0 saturated carbocycles. The minimum Gasteiger partial charge on any atom is -0.492 e. The van der Waals surface area contributed by atoms with Crippen LogP contribution >= 0.6 is 0 Å². The van der Waals surface area contributed by atoms with Crippen molar-refractivity contribution in [1.82, 2.24) is 10.3 Å². The molecule has 0 aliphatic heterocycles. The molecule has 0 spiro atoms. The average Bonchev–Trinajstić information content (AvgIpc) is 2.20. The van der Waals surface area contributed by atoms with Crippen molar-refractivity contribution in [1.29, 1.82) is 0 Å². The molecule has 1 heterocycles. The number of aryl methyl sites for hydroxylation is 1. The molecule has 1 aromatic heterocycles. The summed E-state index contributed by atoms with van der Waals surface area (Å²) < 4.78 is 5.82. The lowest BCUT2D eigenvalue weighted by molar-refractivity contribution is 0.240. The molecular formula is C14H24N2O. The van der Waals surface area contributed by atoms with E-state index < -0.39 is 0 Å². The molecule has 1 aromatic rings. The summed E-state index contributed by atoms with van der Waals surface area (Å²) in [4.78, 5) is 4.49. The smallest absolute Gasteiger partial charge is 0.142 e. The maximum atomic E-state index is 5.82. The van der Waals surface area contributed by atoms with Gasteiger partial charge in [-0.05, 0) is 37.9 Å². The maximum absolute atomic E-state index is 5.82. The zero-order valence-electron chi connectivity index (χ0n) is 11.6. The highest BCUT2D eigenvalue weighted by atomic mass is 16.5. The fraction of sp³-hybridized carbons (Fsp3) is 0.643. The number of nitrogens with zero attached hydrogens (tertiary/aromatic N) is 1. The second-order valence-electron chi connectivity index (χ2n) is 5.59. The van der Waals surface area contributed by atoms with Gasteiger partial charge in [-0.3, -0.25) is 4.98 Å². The van der Waals surface area contributed by atoms with Crippen molar-refractivity contribution in [2.75, 3.05) is 13.7 Å². The van der Waals surface area contributed by atoms with Crippen LogP contribution in [-0.4, -0.2) is 18.6 Å². The molecule has 0 aliphatic carbocycles. The van der Waals surface area contributed by atoms with Crippen LogP contribution in [0.4, 0.5) is 0 Å². The summed E-state index contributed by atoms with van der Waals surface area (Å²) in [5.41, 5.74) is 2.32. The van der Waals surface area contributed by atoms with Crippen molar-refractivity contribution >= 4 is 0 Å². The highest BCUT2D eigenvalue weighted by molar-refractivity contribution is 5.29. The number of pyridine rings is 1. The van der Waals surface area contributed by atoms with Crippen molar-refractivity contribution in [3.05, 3.63) is 23.5 Å². The third-order valence-electron chi connectivity index (χ3n) is 2.53. The first-order valence-electron chi connectivity index (χ1n) is 6.16. The Hall–Kier alpha value is -1.09. The van der Waals surface area contributed by atoms with Gasteiger partial charge in [-0.2, -0.15) is 0 Å². The average molecular weight is 236 g/mol. The molecule has 0 aliphatic rings. The molecular weight excluding hydrogens is 212 g/mol. The number of hydrogen-bond donors (Lipinski definition) is 1. The van der Waals surface area contributed by atoms with Crippen LogP contribution in [0, 0.1) is 12.3 Å². The van der Waals surface area contributed by atoms with Gasteiger partial charge in [0.05, 0.1) is 12.3 Å². The Kier molecular flexibility index (Phi) is 4.94. The Morgan fingerprint density at radius 2 is 2.00 bits per heavy atom. The molecule has 3 nitrogen and oxygen atoms in total. The summed E-state index contributed by atoms with van der Waals surface area (Å²) in [7, 11) is 1.92. The molecule has 96 valence electrons. The van der Waals surface area contributed by atoms with Gasteiger partial charge in [0.15, 0.2) is 0 Å². The van der Waals surface area contributed by atoms with Crippen molar-refractivity contribution in [2.45, 2.75) is 40.7 Å². The standard InChI is InChI=1S/C14H24N2O/c1-11-6-7-13(12(16-11)10-15-5)17-9-8-14(2,3)4/h6-7,15H,8-10H2,1-5H3. The highest BCUT2D eigenvalue weighted by Crippen LogP contribution is 2.21. The van der Waals surface area contributed by atoms with Gasteiger partial charge in [0, 0.05) is 12.2 Å². The lowest BCUT2D eigenvalue weighted by Crippen LogP contribution is -2.14. The first-order valence-corrected chi connectivity index (χ1v) is 6.16. The minimum absolute atomic E-state index is 0.307. The predicted molar refractivity (Wildman–Crippen MR) is 71.3 cm³/mol. The first kappa shape index (κ1) is 14.0. The van der Waals surface area contributed by atoms with Gasteiger partial charge in [0.25, 0.3) is 0 Å². The second-order valence-corrected chi connectivity index (χ2v) is 5.59. The van der Waals surface area contributed by atoms with E-state index in [1.807, 2.05) is 26.1 Å². The number of hydrogen-bond acceptors (Lipinski definition) is 3. The molecule has 1 rings (SSSR count). The van der Waals surface area contributed by atoms with Gasteiger partial charge in [0.1, 0.15) is 5.75 Å². The fourth-order valence-corrected chi connectivity index (χ4v) is 1.49. The summed E-state index contributed by atoms with van der Waals surface area (Å²) >= 11 is 0. The van der Waals surface area contributed by atoms with Crippen molar-refractivity contribution in [2.24, 2.45) is 5.41 Å². The van der Waals surface area contributed by atoms with Crippen LogP contribution in [0.25, 0.3) is 0 Å². The Bertz CT molecular complexity index is 356. The molecule has 0 bridgehead atoms. The number of nitrogens with one attached hydrogen (secondary N) is 1. The SMILES string of the molecule is CNCc1nc(C)ccc1OCCC(C)(C)C. The zero-order chi connectivity index (χ0) is 12.9. The number of rotatable bonds is 5. The van der Waals surface area contributed by atoms with Crippen LogP contribution in [0.5, 0.6) is 5.75 Å². The molecule has 0 aromatic carbocycles. The molecule has 0 unspecified atom stereocenters. The minimum atomic E-state index is 0.307. The number of ether oxygens (including phenoxy) is 1. The van der Waals surface area contributed by atoms with Gasteiger partial charge in [-0.25, -0.2) is 0 Å². The molecule has 0 fully saturated rings. The quantitative estimate of drug-likeness (QED) is 0.853. The lowest BCUT2D eigenvalue weighted by Gasteiger charge is -2.19. The Balaban J connectivity index is 2.63. The predicted octanol–water partition coefficient (Wildman–Crippen LogP) is 2.92. The van der Waals surface area contributed by atoms with Gasteiger partial charge >= 0.3 is 0 Å². The van der Waals surface area contributed by atoms with E-state index in [1.54, 1.807) is 0 Å². The molecule has 3 heteroatoms. The summed E-state index contributed by atoms with van der Waals surface area (Å²) in [5, 5.41) is 3.12. The van der Waals surface area contributed by atoms with E-state index in [4.69, 9.17) is 4.74 Å². The maximum Gasteiger partial charge on any atom is 0.142 e. The Morgan fingerprint density at radius 1 is 1.29 bits per heavy atom. The van der Waals surface area contributed by atoms with Gasteiger partial charge in [0.2, 0.25) is 0 Å². The zero-order valence-corrected chi connectivity index (χ0v) is 11.6. The van der Waals surface area contributed by atoms with E-state index in [0.717, 1.165) is 36.7 Å². The van der Waals surface area contributed by atoms with Crippen LogP contribution in [0.15, 0.2) is 12.1 Å². The molecule has 1 N–H and O–H groups in total. The van der Waals surface area contributed by atoms with Crippen LogP contribution in [0.1, 0.15) is 38.6 Å². The van der Waals surface area contributed by atoms with Gasteiger partial charge in [-0.15, -0.1) is 0 Å². The third-order valence-corrected chi connectivity index (χ3v) is 2.53. The lowest BCUT2D eigenvalue weighted by atomic mass is 9.93. The van der Waals surface area contributed by atoms with E-state index in [-0.39, 0.29) is 0 Å². The van der Waals surface area contributed by atoms with Gasteiger partial charge in [-0.1, -0.05) is 20.8 Å². The molecule has 17 heavy (non-hydrogen) atoms. The van der Waals surface area contributed by atoms with Crippen LogP contribution in [-0.2, 0) is 6.54 Å². The van der Waals surface area contributed by atoms with E-state index in [1.165, 1.54) is 0 Å². The Morgan fingerprint density at radius 3 is 2.59 bits per heavy atom. The van der Waals surface area contributed by atoms with E-state index >= 15 is 0 Å². The summed E-state index contributed by atoms with van der Waals surface area (Å²) in [5.74, 6) is 0.897. The van der Waals surface area contributed by atoms with Crippen LogP contribution in [0.3, 0.4) is 0 Å².